The van der Waals surface area contributed by atoms with Crippen molar-refractivity contribution in [2.24, 2.45) is 5.14 Å². The summed E-state index contributed by atoms with van der Waals surface area (Å²) in [5.74, 6) is -3.81. The minimum atomic E-state index is -4.71. The Bertz CT molecular complexity index is 660. The third kappa shape index (κ3) is 4.69. The first kappa shape index (κ1) is 16.8. The number of halogens is 2. The van der Waals surface area contributed by atoms with Gasteiger partial charge in [0.05, 0.1) is 16.3 Å². The first-order valence-electron chi connectivity index (χ1n) is 5.50. The zero-order valence-corrected chi connectivity index (χ0v) is 11.9. The summed E-state index contributed by atoms with van der Waals surface area (Å²) < 4.78 is 69.3. The normalized spacial score (nSPS) is 12.6. The molecule has 0 aromatic heterocycles. The van der Waals surface area contributed by atoms with E-state index in [1.807, 2.05) is 0 Å². The summed E-state index contributed by atoms with van der Waals surface area (Å²) in [5.41, 5.74) is 0.00205. The molecule has 0 fully saturated rings. The van der Waals surface area contributed by atoms with Crippen molar-refractivity contribution in [1.82, 2.24) is 0 Å². The molecule has 114 valence electrons. The summed E-state index contributed by atoms with van der Waals surface area (Å²) in [6, 6.07) is 5.19. The van der Waals surface area contributed by atoms with E-state index < -0.39 is 30.5 Å². The van der Waals surface area contributed by atoms with Crippen molar-refractivity contribution in [2.75, 3.05) is 17.6 Å². The van der Waals surface area contributed by atoms with Gasteiger partial charge < -0.3 is 5.32 Å². The molecular weight excluding hydrogens is 314 g/mol. The van der Waals surface area contributed by atoms with Crippen LogP contribution in [0.3, 0.4) is 0 Å². The fraction of sp³-hybridized carbons (Fsp3) is 0.400. The number of para-hydroxylation sites is 1. The first-order valence-corrected chi connectivity index (χ1v) is 8.76. The monoisotopic (exact) mass is 328 g/mol. The Kier molecular flexibility index (Phi) is 5.42. The number of anilines is 1. The Morgan fingerprint density at radius 2 is 1.75 bits per heavy atom. The number of alkyl halides is 2. The second-order valence-corrected chi connectivity index (χ2v) is 7.57. The highest BCUT2D eigenvalue weighted by Crippen LogP contribution is 2.25. The molecular formula is C10H14F2N2O4S2. The van der Waals surface area contributed by atoms with Crippen molar-refractivity contribution in [3.8, 4) is 0 Å². The standard InChI is InChI=1S/C10H14F2N2O4S2/c11-10(12)20(17,18)9-5-2-1-4-8(9)14-6-3-7-19(13,15)16/h1-2,4-5,10,14H,3,6-7H2,(H2,13,15,16). The lowest BCUT2D eigenvalue weighted by Crippen LogP contribution is -2.19. The van der Waals surface area contributed by atoms with Crippen molar-refractivity contribution in [2.45, 2.75) is 17.1 Å². The maximum absolute atomic E-state index is 12.5. The molecule has 1 rings (SSSR count). The van der Waals surface area contributed by atoms with Crippen LogP contribution in [0.4, 0.5) is 14.5 Å². The molecule has 0 saturated carbocycles. The van der Waals surface area contributed by atoms with Crippen LogP contribution in [-0.4, -0.2) is 34.9 Å². The number of rotatable bonds is 7. The molecule has 0 aliphatic rings. The predicted octanol–water partition coefficient (Wildman–Crippen LogP) is 0.773. The van der Waals surface area contributed by atoms with E-state index in [0.29, 0.717) is 0 Å². The molecule has 0 heterocycles. The van der Waals surface area contributed by atoms with Gasteiger partial charge in [-0.05, 0) is 18.6 Å². The molecule has 0 amide bonds. The lowest BCUT2D eigenvalue weighted by Gasteiger charge is -2.11. The van der Waals surface area contributed by atoms with Crippen LogP contribution in [0.1, 0.15) is 6.42 Å². The molecule has 1 aromatic carbocycles. The number of benzene rings is 1. The molecule has 0 bridgehead atoms. The molecule has 3 N–H and O–H groups in total. The molecule has 20 heavy (non-hydrogen) atoms. The van der Waals surface area contributed by atoms with Crippen LogP contribution in [0.2, 0.25) is 0 Å². The summed E-state index contributed by atoms with van der Waals surface area (Å²) in [5, 5.41) is 7.42. The van der Waals surface area contributed by atoms with E-state index in [1.54, 1.807) is 0 Å². The molecule has 6 nitrogen and oxygen atoms in total. The molecule has 10 heteroatoms. The smallest absolute Gasteiger partial charge is 0.341 e. The van der Waals surface area contributed by atoms with E-state index >= 15 is 0 Å². The fourth-order valence-corrected chi connectivity index (χ4v) is 2.91. The van der Waals surface area contributed by atoms with Gasteiger partial charge in [0.15, 0.2) is 0 Å². The van der Waals surface area contributed by atoms with Crippen molar-refractivity contribution >= 4 is 25.5 Å². The largest absolute Gasteiger partial charge is 0.384 e. The Labute approximate surface area is 115 Å². The van der Waals surface area contributed by atoms with E-state index in [4.69, 9.17) is 5.14 Å². The van der Waals surface area contributed by atoms with Gasteiger partial charge in [0.25, 0.3) is 0 Å². The van der Waals surface area contributed by atoms with E-state index in [-0.39, 0.29) is 24.4 Å². The summed E-state index contributed by atoms with van der Waals surface area (Å²) in [7, 11) is -8.32. The van der Waals surface area contributed by atoms with Crippen molar-refractivity contribution in [1.29, 1.82) is 0 Å². The molecule has 0 unspecified atom stereocenters. The van der Waals surface area contributed by atoms with Gasteiger partial charge in [0.2, 0.25) is 19.9 Å². The third-order valence-electron chi connectivity index (χ3n) is 2.35. The minimum Gasteiger partial charge on any atom is -0.384 e. The average Bonchev–Trinajstić information content (AvgIpc) is 2.33. The third-order valence-corrected chi connectivity index (χ3v) is 4.65. The molecule has 0 aliphatic heterocycles. The molecule has 0 radical (unpaired) electrons. The highest BCUT2D eigenvalue weighted by atomic mass is 32.2. The number of sulfonamides is 1. The lowest BCUT2D eigenvalue weighted by molar-refractivity contribution is 0.235. The van der Waals surface area contributed by atoms with Crippen molar-refractivity contribution < 1.29 is 25.6 Å². The van der Waals surface area contributed by atoms with Gasteiger partial charge in [-0.15, -0.1) is 0 Å². The molecule has 0 spiro atoms. The minimum absolute atomic E-state index is 0.00205. The Balaban J connectivity index is 2.82. The molecule has 0 aliphatic carbocycles. The van der Waals surface area contributed by atoms with Gasteiger partial charge in [0, 0.05) is 6.54 Å². The van der Waals surface area contributed by atoms with Crippen molar-refractivity contribution in [3.05, 3.63) is 24.3 Å². The SMILES string of the molecule is NS(=O)(=O)CCCNc1ccccc1S(=O)(=O)C(F)F. The lowest BCUT2D eigenvalue weighted by atomic mass is 10.3. The number of nitrogens with one attached hydrogen (secondary N) is 1. The van der Waals surface area contributed by atoms with Crippen LogP contribution in [0.5, 0.6) is 0 Å². The van der Waals surface area contributed by atoms with Gasteiger partial charge in [-0.3, -0.25) is 0 Å². The average molecular weight is 328 g/mol. The van der Waals surface area contributed by atoms with E-state index in [0.717, 1.165) is 6.07 Å². The zero-order valence-electron chi connectivity index (χ0n) is 10.3. The van der Waals surface area contributed by atoms with Gasteiger partial charge in [-0.25, -0.2) is 22.0 Å². The Morgan fingerprint density at radius 1 is 1.15 bits per heavy atom. The summed E-state index contributed by atoms with van der Waals surface area (Å²) in [6.45, 7) is 0.0895. The predicted molar refractivity (Wildman–Crippen MR) is 70.7 cm³/mol. The van der Waals surface area contributed by atoms with Crippen LogP contribution < -0.4 is 10.5 Å². The van der Waals surface area contributed by atoms with E-state index in [2.05, 4.69) is 5.32 Å². The van der Waals surface area contributed by atoms with Gasteiger partial charge in [-0.1, -0.05) is 12.1 Å². The second kappa shape index (κ2) is 6.46. The van der Waals surface area contributed by atoms with Crippen LogP contribution in [0, 0.1) is 0 Å². The van der Waals surface area contributed by atoms with Gasteiger partial charge in [0.1, 0.15) is 0 Å². The highest BCUT2D eigenvalue weighted by molar-refractivity contribution is 7.91. The van der Waals surface area contributed by atoms with Crippen LogP contribution in [-0.2, 0) is 19.9 Å². The molecule has 1 aromatic rings. The van der Waals surface area contributed by atoms with E-state index in [1.165, 1.54) is 18.2 Å². The number of hydrogen-bond acceptors (Lipinski definition) is 5. The number of hydrogen-bond donors (Lipinski definition) is 2. The maximum atomic E-state index is 12.5. The molecule has 0 saturated heterocycles. The maximum Gasteiger partial charge on any atom is 0.341 e. The van der Waals surface area contributed by atoms with Crippen LogP contribution >= 0.6 is 0 Å². The quantitative estimate of drug-likeness (QED) is 0.719. The number of nitrogens with two attached hydrogens (primary N) is 1. The first-order chi connectivity index (χ1) is 9.14. The Hall–Kier alpha value is -1.26. The highest BCUT2D eigenvalue weighted by Gasteiger charge is 2.28. The van der Waals surface area contributed by atoms with Gasteiger partial charge >= 0.3 is 5.76 Å². The summed E-state index contributed by atoms with van der Waals surface area (Å²) >= 11 is 0. The topological polar surface area (TPSA) is 106 Å². The van der Waals surface area contributed by atoms with Crippen LogP contribution in [0.25, 0.3) is 0 Å². The Morgan fingerprint density at radius 3 is 2.30 bits per heavy atom. The van der Waals surface area contributed by atoms with E-state index in [9.17, 15) is 25.6 Å². The second-order valence-electron chi connectivity index (χ2n) is 3.95. The summed E-state index contributed by atoms with van der Waals surface area (Å²) in [6.07, 6.45) is 0.127. The van der Waals surface area contributed by atoms with Crippen LogP contribution in [0.15, 0.2) is 29.2 Å². The molecule has 0 atom stereocenters. The van der Waals surface area contributed by atoms with Crippen molar-refractivity contribution in [3.63, 3.8) is 0 Å². The zero-order chi connectivity index (χ0) is 15.4. The number of sulfone groups is 1. The number of primary sulfonamides is 1. The summed E-state index contributed by atoms with van der Waals surface area (Å²) in [4.78, 5) is -0.523. The van der Waals surface area contributed by atoms with Gasteiger partial charge in [-0.2, -0.15) is 8.78 Å². The fourth-order valence-electron chi connectivity index (χ4n) is 1.45.